The van der Waals surface area contributed by atoms with E-state index in [-0.39, 0.29) is 18.3 Å². The third kappa shape index (κ3) is 3.05. The molecule has 110 valence electrons. The number of aromatic nitrogens is 1. The lowest BCUT2D eigenvalue weighted by Crippen LogP contribution is -2.15. The van der Waals surface area contributed by atoms with E-state index in [9.17, 15) is 9.59 Å². The third-order valence-electron chi connectivity index (χ3n) is 3.45. The van der Waals surface area contributed by atoms with Crippen LogP contribution in [0.2, 0.25) is 0 Å². The van der Waals surface area contributed by atoms with Crippen molar-refractivity contribution < 1.29 is 14.3 Å². The predicted octanol–water partition coefficient (Wildman–Crippen LogP) is 3.09. The fraction of sp³-hybridized carbons (Fsp3) is 0.294. The van der Waals surface area contributed by atoms with E-state index in [0.29, 0.717) is 5.69 Å². The monoisotopic (exact) mass is 285 g/mol. The minimum Gasteiger partial charge on any atom is -0.469 e. The molecular weight excluding hydrogens is 266 g/mol. The zero-order chi connectivity index (χ0) is 15.4. The van der Waals surface area contributed by atoms with Crippen molar-refractivity contribution in [3.63, 3.8) is 0 Å². The molecule has 1 heterocycles. The molecule has 4 heteroatoms. The van der Waals surface area contributed by atoms with Crippen LogP contribution in [0, 0.1) is 0 Å². The Bertz CT molecular complexity index is 656. The van der Waals surface area contributed by atoms with Gasteiger partial charge in [0.05, 0.1) is 19.2 Å². The molecule has 0 bridgehead atoms. The number of esters is 1. The molecule has 0 N–H and O–H groups in total. The van der Waals surface area contributed by atoms with Gasteiger partial charge in [-0.1, -0.05) is 37.3 Å². The Morgan fingerprint density at radius 1 is 1.19 bits per heavy atom. The van der Waals surface area contributed by atoms with E-state index in [4.69, 9.17) is 4.74 Å². The van der Waals surface area contributed by atoms with Crippen LogP contribution in [0.3, 0.4) is 0 Å². The van der Waals surface area contributed by atoms with Crippen molar-refractivity contribution in [2.75, 3.05) is 7.11 Å². The van der Waals surface area contributed by atoms with Crippen LogP contribution >= 0.6 is 0 Å². The van der Waals surface area contributed by atoms with Gasteiger partial charge in [-0.15, -0.1) is 0 Å². The fourth-order valence-corrected chi connectivity index (χ4v) is 2.51. The summed E-state index contributed by atoms with van der Waals surface area (Å²) in [7, 11) is 1.35. The van der Waals surface area contributed by atoms with E-state index >= 15 is 0 Å². The van der Waals surface area contributed by atoms with Crippen molar-refractivity contribution >= 4 is 11.9 Å². The molecule has 0 spiro atoms. The molecule has 4 nitrogen and oxygen atoms in total. The maximum absolute atomic E-state index is 12.1. The predicted molar refractivity (Wildman–Crippen MR) is 81.3 cm³/mol. The van der Waals surface area contributed by atoms with E-state index < -0.39 is 0 Å². The highest BCUT2D eigenvalue weighted by Gasteiger charge is 2.20. The van der Waals surface area contributed by atoms with Gasteiger partial charge < -0.3 is 4.74 Å². The van der Waals surface area contributed by atoms with Crippen LogP contribution in [0.1, 0.15) is 29.9 Å². The second-order valence-electron chi connectivity index (χ2n) is 4.84. The minimum absolute atomic E-state index is 0.0932. The molecule has 0 atom stereocenters. The molecule has 0 fully saturated rings. The smallest absolute Gasteiger partial charge is 0.311 e. The van der Waals surface area contributed by atoms with Crippen molar-refractivity contribution in [3.8, 4) is 11.3 Å². The summed E-state index contributed by atoms with van der Waals surface area (Å²) in [5.74, 6) is -0.454. The Morgan fingerprint density at radius 3 is 2.38 bits per heavy atom. The van der Waals surface area contributed by atoms with Crippen molar-refractivity contribution in [2.24, 2.45) is 0 Å². The summed E-state index contributed by atoms with van der Waals surface area (Å²) >= 11 is 0. The molecule has 2 rings (SSSR count). The Balaban J connectivity index is 2.62. The lowest BCUT2D eigenvalue weighted by Gasteiger charge is -2.11. The van der Waals surface area contributed by atoms with Gasteiger partial charge in [-0.05, 0) is 23.6 Å². The first-order chi connectivity index (χ1) is 10.1. The largest absolute Gasteiger partial charge is 0.469 e. The van der Waals surface area contributed by atoms with Crippen LogP contribution in [-0.2, 0) is 22.4 Å². The van der Waals surface area contributed by atoms with Crippen molar-refractivity contribution in [2.45, 2.75) is 26.7 Å². The number of hydrogen-bond acceptors (Lipinski definition) is 3. The molecule has 0 unspecified atom stereocenters. The highest BCUT2D eigenvalue weighted by atomic mass is 16.5. The second-order valence-corrected chi connectivity index (χ2v) is 4.84. The van der Waals surface area contributed by atoms with Gasteiger partial charge in [0.25, 0.3) is 0 Å². The molecule has 0 amide bonds. The highest BCUT2D eigenvalue weighted by Crippen LogP contribution is 2.28. The van der Waals surface area contributed by atoms with Crippen LogP contribution in [-0.4, -0.2) is 23.6 Å². The number of rotatable bonds is 4. The number of carbonyl (C=O) groups is 2. The van der Waals surface area contributed by atoms with Crippen molar-refractivity contribution in [1.82, 2.24) is 4.57 Å². The van der Waals surface area contributed by atoms with Gasteiger partial charge in [0, 0.05) is 12.6 Å². The van der Waals surface area contributed by atoms with Crippen LogP contribution in [0.15, 0.2) is 36.4 Å². The van der Waals surface area contributed by atoms with Gasteiger partial charge in [-0.25, -0.2) is 0 Å². The van der Waals surface area contributed by atoms with E-state index in [1.54, 1.807) is 4.57 Å². The molecule has 0 saturated carbocycles. The first-order valence-electron chi connectivity index (χ1n) is 6.95. The van der Waals surface area contributed by atoms with Gasteiger partial charge in [0.2, 0.25) is 5.91 Å². The standard InChI is InChI=1S/C17H19NO3/c1-4-13-10-15(11-16(20)21-3)18(12(2)19)17(13)14-8-6-5-7-9-14/h5-10H,4,11H2,1-3H3. The molecule has 0 radical (unpaired) electrons. The molecule has 0 saturated heterocycles. The Labute approximate surface area is 124 Å². The zero-order valence-electron chi connectivity index (χ0n) is 12.6. The number of methoxy groups -OCH3 is 1. The lowest BCUT2D eigenvalue weighted by molar-refractivity contribution is -0.139. The minimum atomic E-state index is -0.350. The number of aryl methyl sites for hydroxylation is 1. The maximum Gasteiger partial charge on any atom is 0.311 e. The number of carbonyl (C=O) groups excluding carboxylic acids is 2. The molecule has 0 aliphatic heterocycles. The number of hydrogen-bond donors (Lipinski definition) is 0. The summed E-state index contributed by atoms with van der Waals surface area (Å²) in [6, 6.07) is 11.7. The molecule has 1 aromatic carbocycles. The Kier molecular flexibility index (Phi) is 4.58. The van der Waals surface area contributed by atoms with Crippen LogP contribution in [0.25, 0.3) is 11.3 Å². The van der Waals surface area contributed by atoms with Gasteiger partial charge in [0.1, 0.15) is 0 Å². The van der Waals surface area contributed by atoms with Gasteiger partial charge in [-0.3, -0.25) is 14.2 Å². The SMILES string of the molecule is CCc1cc(CC(=O)OC)n(C(C)=O)c1-c1ccccc1. The number of benzene rings is 1. The van der Waals surface area contributed by atoms with E-state index in [1.807, 2.05) is 43.3 Å². The first-order valence-corrected chi connectivity index (χ1v) is 6.95. The fourth-order valence-electron chi connectivity index (χ4n) is 2.51. The summed E-state index contributed by atoms with van der Waals surface area (Å²) in [4.78, 5) is 23.6. The van der Waals surface area contributed by atoms with Gasteiger partial charge in [0.15, 0.2) is 0 Å². The summed E-state index contributed by atoms with van der Waals surface area (Å²) < 4.78 is 6.33. The number of nitrogens with zero attached hydrogens (tertiary/aromatic N) is 1. The molecule has 1 aromatic heterocycles. The molecule has 21 heavy (non-hydrogen) atoms. The molecule has 0 aliphatic carbocycles. The molecule has 0 aliphatic rings. The van der Waals surface area contributed by atoms with Crippen LogP contribution < -0.4 is 0 Å². The quantitative estimate of drug-likeness (QED) is 0.811. The molecule has 2 aromatic rings. The van der Waals surface area contributed by atoms with Gasteiger partial charge in [-0.2, -0.15) is 0 Å². The summed E-state index contributed by atoms with van der Waals surface area (Å²) in [6.07, 6.45) is 0.884. The Hall–Kier alpha value is -2.36. The average molecular weight is 285 g/mol. The van der Waals surface area contributed by atoms with Crippen molar-refractivity contribution in [3.05, 3.63) is 47.7 Å². The molecular formula is C17H19NO3. The van der Waals surface area contributed by atoms with Crippen LogP contribution in [0.4, 0.5) is 0 Å². The number of ether oxygens (including phenoxy) is 1. The summed E-state index contributed by atoms with van der Waals surface area (Å²) in [6.45, 7) is 3.54. The van der Waals surface area contributed by atoms with E-state index in [0.717, 1.165) is 23.2 Å². The van der Waals surface area contributed by atoms with Gasteiger partial charge >= 0.3 is 5.97 Å². The van der Waals surface area contributed by atoms with Crippen molar-refractivity contribution in [1.29, 1.82) is 0 Å². The third-order valence-corrected chi connectivity index (χ3v) is 3.45. The second kappa shape index (κ2) is 6.39. The first kappa shape index (κ1) is 15.0. The topological polar surface area (TPSA) is 48.3 Å². The van der Waals surface area contributed by atoms with Crippen LogP contribution in [0.5, 0.6) is 0 Å². The normalized spacial score (nSPS) is 10.4. The average Bonchev–Trinajstić information content (AvgIpc) is 2.86. The van der Waals surface area contributed by atoms with E-state index in [2.05, 4.69) is 0 Å². The maximum atomic E-state index is 12.1. The Morgan fingerprint density at radius 2 is 1.86 bits per heavy atom. The van der Waals surface area contributed by atoms with E-state index in [1.165, 1.54) is 14.0 Å². The zero-order valence-corrected chi connectivity index (χ0v) is 12.6. The summed E-state index contributed by atoms with van der Waals surface area (Å²) in [5, 5.41) is 0. The lowest BCUT2D eigenvalue weighted by atomic mass is 10.1. The highest BCUT2D eigenvalue weighted by molar-refractivity contribution is 5.86. The summed E-state index contributed by atoms with van der Waals surface area (Å²) in [5.41, 5.74) is 3.56.